The van der Waals surface area contributed by atoms with Crippen LogP contribution in [-0.2, 0) is 0 Å². The minimum Gasteiger partial charge on any atom is -0.158 e. The Bertz CT molecular complexity index is 91.3. The fraction of sp³-hybridized carbons (Fsp3) is 0.750. The summed E-state index contributed by atoms with van der Waals surface area (Å²) in [5, 5.41) is 0. The van der Waals surface area contributed by atoms with Gasteiger partial charge in [-0.15, -0.1) is 11.6 Å². The van der Waals surface area contributed by atoms with Gasteiger partial charge in [0.2, 0.25) is 0 Å². The highest BCUT2D eigenvalue weighted by atomic mass is 35.5. The van der Waals surface area contributed by atoms with Crippen LogP contribution in [0.1, 0.15) is 19.8 Å². The third kappa shape index (κ3) is 6.50. The zero-order chi connectivity index (χ0) is 7.82. The highest BCUT2D eigenvalue weighted by Gasteiger charge is 1.91. The average molecular weight is 179 g/mol. The number of alkyl halides is 1. The molecule has 0 radical (unpaired) electrons. The molecule has 0 aliphatic carbocycles. The summed E-state index contributed by atoms with van der Waals surface area (Å²) in [6.45, 7) is 6.02. The van der Waals surface area contributed by atoms with Crippen molar-refractivity contribution in [1.82, 2.24) is 0 Å². The second-order valence-electron chi connectivity index (χ2n) is 2.29. The standard InChI is InChI=1S/C8H15ClS/c1-3-4-5-10-7-8(2)6-9/h2-7H2,1H3. The molecule has 0 amide bonds. The Morgan fingerprint density at radius 3 is 2.80 bits per heavy atom. The van der Waals surface area contributed by atoms with Crippen molar-refractivity contribution < 1.29 is 0 Å². The van der Waals surface area contributed by atoms with E-state index in [-0.39, 0.29) is 0 Å². The summed E-state index contributed by atoms with van der Waals surface area (Å²) in [6.07, 6.45) is 2.58. The van der Waals surface area contributed by atoms with Crippen LogP contribution < -0.4 is 0 Å². The van der Waals surface area contributed by atoms with Crippen LogP contribution >= 0.6 is 23.4 Å². The minimum atomic E-state index is 0.610. The fourth-order valence-corrected chi connectivity index (χ4v) is 1.74. The van der Waals surface area contributed by atoms with Gasteiger partial charge in [0.1, 0.15) is 0 Å². The minimum absolute atomic E-state index is 0.610. The first kappa shape index (κ1) is 10.4. The van der Waals surface area contributed by atoms with E-state index in [0.717, 1.165) is 11.3 Å². The van der Waals surface area contributed by atoms with E-state index in [1.165, 1.54) is 18.6 Å². The number of unbranched alkanes of at least 4 members (excludes halogenated alkanes) is 1. The van der Waals surface area contributed by atoms with Crippen molar-refractivity contribution in [2.24, 2.45) is 0 Å². The van der Waals surface area contributed by atoms with E-state index in [0.29, 0.717) is 5.88 Å². The lowest BCUT2D eigenvalue weighted by Gasteiger charge is -1.99. The van der Waals surface area contributed by atoms with Gasteiger partial charge >= 0.3 is 0 Å². The van der Waals surface area contributed by atoms with Crippen molar-refractivity contribution in [3.05, 3.63) is 12.2 Å². The predicted molar refractivity (Wildman–Crippen MR) is 52.1 cm³/mol. The lowest BCUT2D eigenvalue weighted by atomic mass is 10.4. The third-order valence-electron chi connectivity index (χ3n) is 1.14. The molecule has 0 bridgehead atoms. The van der Waals surface area contributed by atoms with Crippen molar-refractivity contribution in [3.63, 3.8) is 0 Å². The monoisotopic (exact) mass is 178 g/mol. The van der Waals surface area contributed by atoms with Gasteiger partial charge in [0.15, 0.2) is 0 Å². The SMILES string of the molecule is C=C(CCl)CSCCCC. The molecule has 0 N–H and O–H groups in total. The molecule has 2 heteroatoms. The van der Waals surface area contributed by atoms with Crippen LogP contribution in [0.4, 0.5) is 0 Å². The Kier molecular flexibility index (Phi) is 7.77. The van der Waals surface area contributed by atoms with Crippen molar-refractivity contribution in [1.29, 1.82) is 0 Å². The van der Waals surface area contributed by atoms with Gasteiger partial charge in [-0.1, -0.05) is 25.5 Å². The Morgan fingerprint density at radius 1 is 1.60 bits per heavy atom. The summed E-state index contributed by atoms with van der Waals surface area (Å²) < 4.78 is 0. The molecular formula is C8H15ClS. The molecule has 0 heterocycles. The van der Waals surface area contributed by atoms with Crippen molar-refractivity contribution >= 4 is 23.4 Å². The number of hydrogen-bond acceptors (Lipinski definition) is 1. The van der Waals surface area contributed by atoms with Gasteiger partial charge in [-0.05, 0) is 12.2 Å². The van der Waals surface area contributed by atoms with E-state index in [9.17, 15) is 0 Å². The molecule has 0 saturated heterocycles. The Labute approximate surface area is 73.0 Å². The highest BCUT2D eigenvalue weighted by Crippen LogP contribution is 2.09. The maximum atomic E-state index is 5.55. The van der Waals surface area contributed by atoms with Gasteiger partial charge in [0.05, 0.1) is 0 Å². The lowest BCUT2D eigenvalue weighted by molar-refractivity contribution is 0.896. The molecule has 0 rings (SSSR count). The molecule has 0 aliphatic rings. The summed E-state index contributed by atoms with van der Waals surface area (Å²) in [5.41, 5.74) is 1.14. The first-order valence-electron chi connectivity index (χ1n) is 3.61. The van der Waals surface area contributed by atoms with E-state index in [2.05, 4.69) is 13.5 Å². The van der Waals surface area contributed by atoms with Crippen molar-refractivity contribution in [3.8, 4) is 0 Å². The van der Waals surface area contributed by atoms with E-state index in [4.69, 9.17) is 11.6 Å². The fourth-order valence-electron chi connectivity index (χ4n) is 0.501. The summed E-state index contributed by atoms with van der Waals surface area (Å²) in [5.74, 6) is 2.88. The Morgan fingerprint density at radius 2 is 2.30 bits per heavy atom. The molecule has 10 heavy (non-hydrogen) atoms. The van der Waals surface area contributed by atoms with E-state index >= 15 is 0 Å². The van der Waals surface area contributed by atoms with Gasteiger partial charge in [-0.3, -0.25) is 0 Å². The first-order valence-corrected chi connectivity index (χ1v) is 5.30. The number of thioether (sulfide) groups is 1. The summed E-state index contributed by atoms with van der Waals surface area (Å²) in [7, 11) is 0. The Balaban J connectivity index is 2.96. The normalized spacial score (nSPS) is 9.80. The molecule has 0 unspecified atom stereocenters. The van der Waals surface area contributed by atoms with E-state index in [1.54, 1.807) is 0 Å². The molecule has 0 nitrogen and oxygen atoms in total. The van der Waals surface area contributed by atoms with Crippen LogP contribution in [0.2, 0.25) is 0 Å². The zero-order valence-corrected chi connectivity index (χ0v) is 8.10. The second kappa shape index (κ2) is 7.49. The lowest BCUT2D eigenvalue weighted by Crippen LogP contribution is -1.88. The Hall–Kier alpha value is 0.380. The molecular weight excluding hydrogens is 164 g/mol. The predicted octanol–water partition coefficient (Wildman–Crippen LogP) is 3.31. The molecule has 60 valence electrons. The van der Waals surface area contributed by atoms with Gasteiger partial charge in [-0.25, -0.2) is 0 Å². The topological polar surface area (TPSA) is 0 Å². The van der Waals surface area contributed by atoms with Crippen LogP contribution in [0.25, 0.3) is 0 Å². The summed E-state index contributed by atoms with van der Waals surface area (Å²) >= 11 is 7.48. The zero-order valence-electron chi connectivity index (χ0n) is 6.53. The van der Waals surface area contributed by atoms with Crippen LogP contribution in [0.3, 0.4) is 0 Å². The number of rotatable bonds is 6. The van der Waals surface area contributed by atoms with Crippen molar-refractivity contribution in [2.75, 3.05) is 17.4 Å². The maximum Gasteiger partial charge on any atom is 0.0439 e. The summed E-state index contributed by atoms with van der Waals surface area (Å²) in [4.78, 5) is 0. The number of hydrogen-bond donors (Lipinski definition) is 0. The van der Waals surface area contributed by atoms with E-state index in [1.807, 2.05) is 11.8 Å². The van der Waals surface area contributed by atoms with Crippen LogP contribution in [-0.4, -0.2) is 17.4 Å². The first-order chi connectivity index (χ1) is 4.81. The van der Waals surface area contributed by atoms with Gasteiger partial charge < -0.3 is 0 Å². The van der Waals surface area contributed by atoms with Gasteiger partial charge in [0, 0.05) is 11.6 Å². The van der Waals surface area contributed by atoms with Crippen LogP contribution in [0, 0.1) is 0 Å². The van der Waals surface area contributed by atoms with E-state index < -0.39 is 0 Å². The molecule has 0 aromatic carbocycles. The molecule has 0 fully saturated rings. The van der Waals surface area contributed by atoms with Crippen molar-refractivity contribution in [2.45, 2.75) is 19.8 Å². The summed E-state index contributed by atoms with van der Waals surface area (Å²) in [6, 6.07) is 0. The molecule has 0 atom stereocenters. The van der Waals surface area contributed by atoms with Crippen LogP contribution in [0.5, 0.6) is 0 Å². The maximum absolute atomic E-state index is 5.55. The molecule has 0 aliphatic heterocycles. The quantitative estimate of drug-likeness (QED) is 0.342. The average Bonchev–Trinajstić information content (AvgIpc) is 1.98. The molecule has 0 saturated carbocycles. The second-order valence-corrected chi connectivity index (χ2v) is 3.66. The largest absolute Gasteiger partial charge is 0.158 e. The highest BCUT2D eigenvalue weighted by molar-refractivity contribution is 7.99. The number of halogens is 1. The van der Waals surface area contributed by atoms with Gasteiger partial charge in [0.25, 0.3) is 0 Å². The van der Waals surface area contributed by atoms with Crippen LogP contribution in [0.15, 0.2) is 12.2 Å². The molecule has 0 aromatic heterocycles. The molecule has 0 spiro atoms. The smallest absolute Gasteiger partial charge is 0.0439 e. The molecule has 0 aromatic rings. The van der Waals surface area contributed by atoms with Gasteiger partial charge in [-0.2, -0.15) is 11.8 Å². The third-order valence-corrected chi connectivity index (χ3v) is 2.71.